The molecule has 0 atom stereocenters. The van der Waals surface area contributed by atoms with Gasteiger partial charge in [-0.05, 0) is 53.8 Å². The normalized spacial score (nSPS) is 10.3. The number of carbonyl (C=O) groups excluding carboxylic acids is 1. The van der Waals surface area contributed by atoms with Crippen molar-refractivity contribution >= 4 is 28.4 Å². The summed E-state index contributed by atoms with van der Waals surface area (Å²) in [5.41, 5.74) is 1.01. The van der Waals surface area contributed by atoms with Crippen LogP contribution < -0.4 is 10.3 Å². The minimum absolute atomic E-state index is 0.0194. The maximum Gasteiger partial charge on any atom is 0.267 e. The molecule has 1 aromatic heterocycles. The number of halogens is 1. The Labute approximate surface area is 129 Å². The highest BCUT2D eigenvalue weighted by atomic mass is 127. The molecule has 1 aromatic carbocycles. The minimum Gasteiger partial charge on any atom is -0.497 e. The lowest BCUT2D eigenvalue weighted by Crippen LogP contribution is -2.27. The molecular formula is C14H13IN2O3. The summed E-state index contributed by atoms with van der Waals surface area (Å²) in [6.07, 6.45) is 1.40. The summed E-state index contributed by atoms with van der Waals surface area (Å²) in [4.78, 5) is 28.2. The topological polar surface area (TPSA) is 61.2 Å². The number of Topliss-reactive ketones (excluding diaryl/α,β-unsaturated/α-hetero) is 1. The molecule has 104 valence electrons. The molecular weight excluding hydrogens is 371 g/mol. The molecule has 0 aliphatic carbocycles. The lowest BCUT2D eigenvalue weighted by atomic mass is 10.1. The van der Waals surface area contributed by atoms with Crippen LogP contribution in [-0.2, 0) is 6.54 Å². The van der Waals surface area contributed by atoms with Crippen LogP contribution in [0.2, 0.25) is 0 Å². The van der Waals surface area contributed by atoms with Crippen LogP contribution in [0, 0.1) is 10.5 Å². The number of benzene rings is 1. The highest BCUT2D eigenvalue weighted by molar-refractivity contribution is 14.1. The van der Waals surface area contributed by atoms with Gasteiger partial charge in [-0.1, -0.05) is 0 Å². The van der Waals surface area contributed by atoms with Crippen molar-refractivity contribution in [2.45, 2.75) is 13.5 Å². The molecule has 0 unspecified atom stereocenters. The molecule has 0 amide bonds. The molecule has 0 aliphatic rings. The summed E-state index contributed by atoms with van der Waals surface area (Å²) >= 11 is 1.94. The predicted octanol–water partition coefficient (Wildman–Crippen LogP) is 2.05. The largest absolute Gasteiger partial charge is 0.497 e. The molecule has 0 N–H and O–H groups in total. The van der Waals surface area contributed by atoms with E-state index in [9.17, 15) is 9.59 Å². The van der Waals surface area contributed by atoms with E-state index in [-0.39, 0.29) is 17.9 Å². The first kappa shape index (κ1) is 14.7. The fourth-order valence-corrected chi connectivity index (χ4v) is 2.13. The Morgan fingerprint density at radius 3 is 2.60 bits per heavy atom. The third-order valence-corrected chi connectivity index (χ3v) is 4.12. The molecule has 0 spiro atoms. The highest BCUT2D eigenvalue weighted by Crippen LogP contribution is 2.12. The fraction of sp³-hybridized carbons (Fsp3) is 0.214. The third-order valence-electron chi connectivity index (χ3n) is 2.88. The lowest BCUT2D eigenvalue weighted by molar-refractivity contribution is 0.0970. The number of ketones is 1. The van der Waals surface area contributed by atoms with Gasteiger partial charge in [0.05, 0.1) is 29.2 Å². The van der Waals surface area contributed by atoms with Gasteiger partial charge < -0.3 is 4.74 Å². The number of carbonyl (C=O) groups is 1. The standard InChI is InChI=1S/C14H13IN2O3/c1-9-13(15)14(19)17(8-16-9)7-12(18)10-3-5-11(20-2)6-4-10/h3-6,8H,7H2,1-2H3. The molecule has 6 heteroatoms. The van der Waals surface area contributed by atoms with E-state index >= 15 is 0 Å². The zero-order chi connectivity index (χ0) is 14.7. The van der Waals surface area contributed by atoms with E-state index < -0.39 is 0 Å². The van der Waals surface area contributed by atoms with Gasteiger partial charge in [0.25, 0.3) is 5.56 Å². The second kappa shape index (κ2) is 6.17. The fourth-order valence-electron chi connectivity index (χ4n) is 1.68. The molecule has 0 fully saturated rings. The summed E-state index contributed by atoms with van der Waals surface area (Å²) < 4.78 is 6.89. The average molecular weight is 384 g/mol. The molecule has 1 heterocycles. The van der Waals surface area contributed by atoms with Crippen LogP contribution in [0.5, 0.6) is 5.75 Å². The van der Waals surface area contributed by atoms with Crippen LogP contribution in [0.25, 0.3) is 0 Å². The number of aryl methyl sites for hydroxylation is 1. The maximum absolute atomic E-state index is 12.1. The quantitative estimate of drug-likeness (QED) is 0.598. The second-order valence-corrected chi connectivity index (χ2v) is 5.31. The van der Waals surface area contributed by atoms with Crippen molar-refractivity contribution < 1.29 is 9.53 Å². The summed E-state index contributed by atoms with van der Waals surface area (Å²) in [5.74, 6) is 0.543. The van der Waals surface area contributed by atoms with Crippen LogP contribution in [-0.4, -0.2) is 22.4 Å². The van der Waals surface area contributed by atoms with E-state index in [1.807, 2.05) is 22.6 Å². The van der Waals surface area contributed by atoms with Crippen LogP contribution in [0.15, 0.2) is 35.4 Å². The van der Waals surface area contributed by atoms with E-state index in [2.05, 4.69) is 4.98 Å². The minimum atomic E-state index is -0.194. The van der Waals surface area contributed by atoms with Gasteiger partial charge in [-0.15, -0.1) is 0 Å². The lowest BCUT2D eigenvalue weighted by Gasteiger charge is -2.07. The SMILES string of the molecule is COc1ccc(C(=O)Cn2cnc(C)c(I)c2=O)cc1. The monoisotopic (exact) mass is 384 g/mol. The van der Waals surface area contributed by atoms with Gasteiger partial charge in [-0.25, -0.2) is 4.98 Å². The second-order valence-electron chi connectivity index (χ2n) is 4.23. The number of rotatable bonds is 4. The number of hydrogen-bond donors (Lipinski definition) is 0. The molecule has 2 rings (SSSR count). The summed E-state index contributed by atoms with van der Waals surface area (Å²) in [7, 11) is 1.57. The summed E-state index contributed by atoms with van der Waals surface area (Å²) in [5, 5.41) is 0. The van der Waals surface area contributed by atoms with Gasteiger partial charge in [0.2, 0.25) is 0 Å². The average Bonchev–Trinajstić information content (AvgIpc) is 2.48. The predicted molar refractivity (Wildman–Crippen MR) is 83.3 cm³/mol. The van der Waals surface area contributed by atoms with Gasteiger partial charge in [-0.2, -0.15) is 0 Å². The molecule has 0 saturated carbocycles. The molecule has 0 radical (unpaired) electrons. The first-order valence-electron chi connectivity index (χ1n) is 5.91. The molecule has 5 nitrogen and oxygen atoms in total. The zero-order valence-electron chi connectivity index (χ0n) is 11.1. The van der Waals surface area contributed by atoms with Crippen LogP contribution in [0.1, 0.15) is 16.1 Å². The van der Waals surface area contributed by atoms with Crippen molar-refractivity contribution in [3.8, 4) is 5.75 Å². The highest BCUT2D eigenvalue weighted by Gasteiger charge is 2.11. The summed E-state index contributed by atoms with van der Waals surface area (Å²) in [6.45, 7) is 1.74. The first-order valence-corrected chi connectivity index (χ1v) is 6.99. The van der Waals surface area contributed by atoms with E-state index in [0.29, 0.717) is 20.6 Å². The Hall–Kier alpha value is -1.70. The van der Waals surface area contributed by atoms with Crippen molar-refractivity contribution in [3.05, 3.63) is 55.8 Å². The zero-order valence-corrected chi connectivity index (χ0v) is 13.2. The molecule has 0 saturated heterocycles. The molecule has 20 heavy (non-hydrogen) atoms. The number of aromatic nitrogens is 2. The van der Waals surface area contributed by atoms with E-state index in [4.69, 9.17) is 4.74 Å². The first-order chi connectivity index (χ1) is 9.52. The van der Waals surface area contributed by atoms with Gasteiger partial charge in [0.15, 0.2) is 5.78 Å². The Kier molecular flexibility index (Phi) is 4.53. The molecule has 2 aromatic rings. The van der Waals surface area contributed by atoms with Crippen molar-refractivity contribution in [1.29, 1.82) is 0 Å². The van der Waals surface area contributed by atoms with E-state index in [1.54, 1.807) is 38.3 Å². The number of ether oxygens (including phenoxy) is 1. The number of methoxy groups -OCH3 is 1. The Morgan fingerprint density at radius 1 is 1.35 bits per heavy atom. The smallest absolute Gasteiger partial charge is 0.267 e. The Bertz CT molecular complexity index is 693. The summed E-state index contributed by atoms with van der Waals surface area (Å²) in [6, 6.07) is 6.79. The molecule has 0 aliphatic heterocycles. The Balaban J connectivity index is 2.23. The van der Waals surface area contributed by atoms with E-state index in [1.165, 1.54) is 10.9 Å². The third kappa shape index (κ3) is 3.06. The van der Waals surface area contributed by atoms with Gasteiger partial charge in [0.1, 0.15) is 5.75 Å². The van der Waals surface area contributed by atoms with E-state index in [0.717, 1.165) is 0 Å². The van der Waals surface area contributed by atoms with Crippen molar-refractivity contribution in [2.24, 2.45) is 0 Å². The van der Waals surface area contributed by atoms with Crippen LogP contribution in [0.4, 0.5) is 0 Å². The number of nitrogens with zero attached hydrogens (tertiary/aromatic N) is 2. The van der Waals surface area contributed by atoms with Gasteiger partial charge >= 0.3 is 0 Å². The van der Waals surface area contributed by atoms with Crippen molar-refractivity contribution in [1.82, 2.24) is 9.55 Å². The van der Waals surface area contributed by atoms with Crippen LogP contribution >= 0.6 is 22.6 Å². The Morgan fingerprint density at radius 2 is 2.00 bits per heavy atom. The van der Waals surface area contributed by atoms with Crippen LogP contribution in [0.3, 0.4) is 0 Å². The van der Waals surface area contributed by atoms with Crippen molar-refractivity contribution in [2.75, 3.05) is 7.11 Å². The van der Waals surface area contributed by atoms with Crippen molar-refractivity contribution in [3.63, 3.8) is 0 Å². The van der Waals surface area contributed by atoms with Gasteiger partial charge in [-0.3, -0.25) is 14.2 Å². The van der Waals surface area contributed by atoms with Gasteiger partial charge in [0, 0.05) is 5.56 Å². The maximum atomic E-state index is 12.1. The molecule has 0 bridgehead atoms. The number of hydrogen-bond acceptors (Lipinski definition) is 4.